The summed E-state index contributed by atoms with van der Waals surface area (Å²) >= 11 is 0. The number of amides is 2. The number of carbonyl (C=O) groups is 2. The van der Waals surface area contributed by atoms with Gasteiger partial charge >= 0.3 is 12.0 Å². The molecule has 8 nitrogen and oxygen atoms in total. The molecule has 2 amide bonds. The lowest BCUT2D eigenvalue weighted by Gasteiger charge is -2.35. The van der Waals surface area contributed by atoms with E-state index in [2.05, 4.69) is 0 Å². The molecule has 0 aromatic rings. The predicted molar refractivity (Wildman–Crippen MR) is 65.8 cm³/mol. The molecule has 0 bridgehead atoms. The van der Waals surface area contributed by atoms with Crippen LogP contribution in [0.25, 0.3) is 0 Å². The van der Waals surface area contributed by atoms with Crippen LogP contribution in [0.1, 0.15) is 0 Å². The molecule has 2 rings (SSSR count). The number of likely N-dealkylation sites (N-methyl/N-ethyl adjacent to an activating group) is 1. The van der Waals surface area contributed by atoms with Crippen molar-refractivity contribution in [2.75, 3.05) is 40.0 Å². The summed E-state index contributed by atoms with van der Waals surface area (Å²) in [5.74, 6) is -1.68. The third kappa shape index (κ3) is 2.84. The van der Waals surface area contributed by atoms with Crippen LogP contribution in [0.3, 0.4) is 0 Å². The minimum atomic E-state index is -0.968. The smallest absolute Gasteiger partial charge is 0.320 e. The molecular weight excluding hydrogens is 266 g/mol. The van der Waals surface area contributed by atoms with Crippen LogP contribution in [0.2, 0.25) is 0 Å². The summed E-state index contributed by atoms with van der Waals surface area (Å²) in [4.78, 5) is 26.4. The molecular formula is C12H17N3O5. The molecule has 0 aromatic carbocycles. The number of rotatable bonds is 2. The molecule has 3 unspecified atom stereocenters. The van der Waals surface area contributed by atoms with Crippen molar-refractivity contribution in [3.05, 3.63) is 0 Å². The summed E-state index contributed by atoms with van der Waals surface area (Å²) in [6.45, 7) is 1.23. The van der Waals surface area contributed by atoms with Gasteiger partial charge in [0.1, 0.15) is 5.92 Å². The highest BCUT2D eigenvalue weighted by atomic mass is 16.5. The van der Waals surface area contributed by atoms with E-state index in [-0.39, 0.29) is 25.8 Å². The lowest BCUT2D eigenvalue weighted by atomic mass is 10.0. The van der Waals surface area contributed by atoms with Crippen molar-refractivity contribution in [3.63, 3.8) is 0 Å². The number of hydrogen-bond donors (Lipinski definition) is 1. The zero-order valence-electron chi connectivity index (χ0n) is 11.2. The van der Waals surface area contributed by atoms with Crippen molar-refractivity contribution >= 4 is 12.0 Å². The van der Waals surface area contributed by atoms with Crippen LogP contribution in [-0.4, -0.2) is 79.0 Å². The number of carboxylic acids is 1. The lowest BCUT2D eigenvalue weighted by Crippen LogP contribution is -2.54. The number of nitrogens with zero attached hydrogens (tertiary/aromatic N) is 3. The van der Waals surface area contributed by atoms with E-state index < -0.39 is 24.0 Å². The topological polar surface area (TPSA) is 103 Å². The molecule has 0 aromatic heterocycles. The number of aliphatic carboxylic acids is 1. The van der Waals surface area contributed by atoms with Gasteiger partial charge in [0.05, 0.1) is 38.5 Å². The maximum absolute atomic E-state index is 12.4. The highest BCUT2D eigenvalue weighted by Crippen LogP contribution is 2.20. The fraction of sp³-hybridized carbons (Fsp3) is 0.750. The minimum absolute atomic E-state index is 0.113. The van der Waals surface area contributed by atoms with Gasteiger partial charge in [-0.25, -0.2) is 4.79 Å². The van der Waals surface area contributed by atoms with Gasteiger partial charge in [0.2, 0.25) is 0 Å². The summed E-state index contributed by atoms with van der Waals surface area (Å²) in [6.07, 6.45) is -0.629. The van der Waals surface area contributed by atoms with Crippen molar-refractivity contribution in [1.29, 1.82) is 5.26 Å². The maximum Gasteiger partial charge on any atom is 0.320 e. The monoisotopic (exact) mass is 283 g/mol. The largest absolute Gasteiger partial charge is 0.481 e. The fourth-order valence-electron chi connectivity index (χ4n) is 2.43. The Kier molecular flexibility index (Phi) is 4.42. The number of ether oxygens (including phenoxy) is 2. The number of carboxylic acid groups (broad SMARTS) is 1. The van der Waals surface area contributed by atoms with Gasteiger partial charge in [0.25, 0.3) is 0 Å². The number of urea groups is 1. The molecule has 0 aliphatic carbocycles. The van der Waals surface area contributed by atoms with E-state index in [1.807, 2.05) is 6.07 Å². The first-order chi connectivity index (χ1) is 9.54. The maximum atomic E-state index is 12.4. The first-order valence-electron chi connectivity index (χ1n) is 6.38. The van der Waals surface area contributed by atoms with Crippen LogP contribution in [0.4, 0.5) is 4.79 Å². The van der Waals surface area contributed by atoms with Gasteiger partial charge < -0.3 is 24.4 Å². The van der Waals surface area contributed by atoms with Crippen molar-refractivity contribution < 1.29 is 24.2 Å². The lowest BCUT2D eigenvalue weighted by molar-refractivity contribution is -0.142. The SMILES string of the molecule is CN(C(=O)N1CCOC(C#N)C1)C1COCC1C(=O)O. The van der Waals surface area contributed by atoms with Crippen LogP contribution in [-0.2, 0) is 14.3 Å². The Bertz CT molecular complexity index is 435. The minimum Gasteiger partial charge on any atom is -0.481 e. The Morgan fingerprint density at radius 1 is 1.45 bits per heavy atom. The predicted octanol–water partition coefficient (Wildman–Crippen LogP) is -0.638. The molecule has 2 aliphatic rings. The number of morpholine rings is 1. The van der Waals surface area contributed by atoms with Gasteiger partial charge in [-0.05, 0) is 0 Å². The van der Waals surface area contributed by atoms with Crippen LogP contribution in [0.15, 0.2) is 0 Å². The number of nitriles is 1. The molecule has 0 saturated carbocycles. The summed E-state index contributed by atoms with van der Waals surface area (Å²) < 4.78 is 10.3. The first kappa shape index (κ1) is 14.6. The van der Waals surface area contributed by atoms with E-state index in [0.717, 1.165) is 0 Å². The van der Waals surface area contributed by atoms with Gasteiger partial charge in [-0.1, -0.05) is 0 Å². The van der Waals surface area contributed by atoms with Crippen molar-refractivity contribution in [1.82, 2.24) is 9.80 Å². The standard InChI is InChI=1S/C12H17N3O5/c1-14(10-7-19-6-9(10)11(16)17)12(18)15-2-3-20-8(4-13)5-15/h8-10H,2-3,5-7H2,1H3,(H,16,17). The van der Waals surface area contributed by atoms with Crippen molar-refractivity contribution in [3.8, 4) is 6.07 Å². The second-order valence-electron chi connectivity index (χ2n) is 4.88. The van der Waals surface area contributed by atoms with E-state index >= 15 is 0 Å². The van der Waals surface area contributed by atoms with E-state index in [1.54, 1.807) is 7.05 Å². The Labute approximate surface area is 116 Å². The molecule has 0 radical (unpaired) electrons. The zero-order valence-corrected chi connectivity index (χ0v) is 11.2. The van der Waals surface area contributed by atoms with Crippen molar-refractivity contribution in [2.24, 2.45) is 5.92 Å². The molecule has 8 heteroatoms. The van der Waals surface area contributed by atoms with E-state index in [1.165, 1.54) is 9.80 Å². The summed E-state index contributed by atoms with van der Waals surface area (Å²) in [5, 5.41) is 17.9. The number of hydrogen-bond acceptors (Lipinski definition) is 5. The normalized spacial score (nSPS) is 29.8. The molecule has 2 fully saturated rings. The van der Waals surface area contributed by atoms with Gasteiger partial charge in [-0.15, -0.1) is 0 Å². The second kappa shape index (κ2) is 6.07. The second-order valence-corrected chi connectivity index (χ2v) is 4.88. The average Bonchev–Trinajstić information content (AvgIpc) is 2.95. The highest BCUT2D eigenvalue weighted by molar-refractivity contribution is 5.77. The van der Waals surface area contributed by atoms with E-state index in [4.69, 9.17) is 19.8 Å². The molecule has 20 heavy (non-hydrogen) atoms. The van der Waals surface area contributed by atoms with Crippen LogP contribution < -0.4 is 0 Å². The van der Waals surface area contributed by atoms with Gasteiger partial charge in [-0.3, -0.25) is 4.79 Å². The molecule has 2 saturated heterocycles. The van der Waals surface area contributed by atoms with Gasteiger partial charge in [0, 0.05) is 13.6 Å². The Morgan fingerprint density at radius 3 is 2.85 bits per heavy atom. The molecule has 2 aliphatic heterocycles. The van der Waals surface area contributed by atoms with Crippen LogP contribution >= 0.6 is 0 Å². The molecule has 3 atom stereocenters. The fourth-order valence-corrected chi connectivity index (χ4v) is 2.43. The van der Waals surface area contributed by atoms with Crippen LogP contribution in [0, 0.1) is 17.2 Å². The van der Waals surface area contributed by atoms with Gasteiger partial charge in [0.15, 0.2) is 6.10 Å². The summed E-state index contributed by atoms with van der Waals surface area (Å²) in [7, 11) is 1.56. The van der Waals surface area contributed by atoms with Gasteiger partial charge in [-0.2, -0.15) is 5.26 Å². The Balaban J connectivity index is 2.01. The van der Waals surface area contributed by atoms with E-state index in [0.29, 0.717) is 13.2 Å². The third-order valence-electron chi connectivity index (χ3n) is 3.65. The summed E-state index contributed by atoms with van der Waals surface area (Å²) in [6, 6.07) is 1.19. The average molecular weight is 283 g/mol. The Morgan fingerprint density at radius 2 is 2.20 bits per heavy atom. The molecule has 0 spiro atoms. The van der Waals surface area contributed by atoms with E-state index in [9.17, 15) is 9.59 Å². The Hall–Kier alpha value is -1.85. The molecule has 2 heterocycles. The number of carbonyl (C=O) groups excluding carboxylic acids is 1. The quantitative estimate of drug-likeness (QED) is 0.723. The molecule has 1 N–H and O–H groups in total. The third-order valence-corrected chi connectivity index (χ3v) is 3.65. The van der Waals surface area contributed by atoms with Crippen molar-refractivity contribution in [2.45, 2.75) is 12.1 Å². The van der Waals surface area contributed by atoms with Crippen LogP contribution in [0.5, 0.6) is 0 Å². The molecule has 110 valence electrons. The highest BCUT2D eigenvalue weighted by Gasteiger charge is 2.40. The summed E-state index contributed by atoms with van der Waals surface area (Å²) in [5.41, 5.74) is 0. The zero-order chi connectivity index (χ0) is 14.7. The first-order valence-corrected chi connectivity index (χ1v) is 6.38.